The molecule has 0 fully saturated rings. The predicted octanol–water partition coefficient (Wildman–Crippen LogP) is 3.45. The average Bonchev–Trinajstić information content (AvgIpc) is 2.53. The number of rotatable bonds is 6. The molecule has 0 saturated carbocycles. The van der Waals surface area contributed by atoms with Crippen LogP contribution >= 0.6 is 0 Å². The minimum absolute atomic E-state index is 0.191. The normalized spacial score (nSPS) is 10.0. The van der Waals surface area contributed by atoms with Gasteiger partial charge in [0.05, 0.1) is 13.7 Å². The Kier molecular flexibility index (Phi) is 5.21. The fraction of sp³-hybridized carbons (Fsp3) is 0.235. The van der Waals surface area contributed by atoms with E-state index in [1.807, 2.05) is 37.3 Å². The Labute approximate surface area is 124 Å². The van der Waals surface area contributed by atoms with Crippen LogP contribution in [0.2, 0.25) is 0 Å². The molecule has 0 spiro atoms. The Morgan fingerprint density at radius 3 is 2.67 bits per heavy atom. The van der Waals surface area contributed by atoms with Gasteiger partial charge in [-0.05, 0) is 36.8 Å². The summed E-state index contributed by atoms with van der Waals surface area (Å²) in [7, 11) is 1.60. The summed E-state index contributed by atoms with van der Waals surface area (Å²) >= 11 is 0. The maximum Gasteiger partial charge on any atom is 0.342 e. The molecule has 0 aliphatic rings. The van der Waals surface area contributed by atoms with Crippen molar-refractivity contribution in [2.24, 2.45) is 0 Å². The van der Waals surface area contributed by atoms with E-state index in [-0.39, 0.29) is 6.61 Å². The van der Waals surface area contributed by atoms with Crippen molar-refractivity contribution in [3.8, 4) is 11.5 Å². The first-order valence-corrected chi connectivity index (χ1v) is 6.76. The molecule has 0 bridgehead atoms. The molecule has 2 rings (SSSR count). The van der Waals surface area contributed by atoms with Gasteiger partial charge in [-0.3, -0.25) is 0 Å². The highest BCUT2D eigenvalue weighted by atomic mass is 16.5. The molecular formula is C17H18O4. The van der Waals surface area contributed by atoms with Gasteiger partial charge in [0.1, 0.15) is 23.7 Å². The van der Waals surface area contributed by atoms with Crippen LogP contribution in [0.15, 0.2) is 48.5 Å². The molecule has 0 N–H and O–H groups in total. The van der Waals surface area contributed by atoms with E-state index in [1.165, 1.54) is 0 Å². The van der Waals surface area contributed by atoms with Crippen LogP contribution in [0.1, 0.15) is 22.8 Å². The van der Waals surface area contributed by atoms with Gasteiger partial charge in [-0.1, -0.05) is 24.3 Å². The van der Waals surface area contributed by atoms with E-state index in [4.69, 9.17) is 14.2 Å². The molecular weight excluding hydrogens is 268 g/mol. The van der Waals surface area contributed by atoms with Crippen molar-refractivity contribution in [3.05, 3.63) is 59.7 Å². The van der Waals surface area contributed by atoms with Crippen LogP contribution in [0, 0.1) is 0 Å². The quantitative estimate of drug-likeness (QED) is 0.763. The molecule has 110 valence electrons. The fourth-order valence-electron chi connectivity index (χ4n) is 1.91. The third kappa shape index (κ3) is 3.99. The molecule has 0 aromatic heterocycles. The number of benzene rings is 2. The zero-order chi connectivity index (χ0) is 15.1. The molecule has 0 saturated heterocycles. The zero-order valence-corrected chi connectivity index (χ0v) is 12.2. The Morgan fingerprint density at radius 2 is 1.90 bits per heavy atom. The molecule has 0 radical (unpaired) electrons. The third-order valence-electron chi connectivity index (χ3n) is 2.91. The summed E-state index contributed by atoms with van der Waals surface area (Å²) in [6.07, 6.45) is 0. The molecule has 0 aliphatic carbocycles. The van der Waals surface area contributed by atoms with E-state index in [2.05, 4.69) is 0 Å². The topological polar surface area (TPSA) is 44.8 Å². The van der Waals surface area contributed by atoms with Crippen molar-refractivity contribution >= 4 is 5.97 Å². The van der Waals surface area contributed by atoms with Crippen molar-refractivity contribution < 1.29 is 19.0 Å². The molecule has 2 aromatic rings. The second-order valence-electron chi connectivity index (χ2n) is 4.36. The summed E-state index contributed by atoms with van der Waals surface area (Å²) < 4.78 is 15.9. The van der Waals surface area contributed by atoms with Crippen molar-refractivity contribution in [2.75, 3.05) is 13.7 Å². The molecule has 0 heterocycles. The number of hydrogen-bond acceptors (Lipinski definition) is 4. The summed E-state index contributed by atoms with van der Waals surface area (Å²) in [5, 5.41) is 0. The number of esters is 1. The van der Waals surface area contributed by atoms with Gasteiger partial charge in [0, 0.05) is 0 Å². The average molecular weight is 286 g/mol. The van der Waals surface area contributed by atoms with Gasteiger partial charge in [-0.15, -0.1) is 0 Å². The van der Waals surface area contributed by atoms with Crippen molar-refractivity contribution in [2.45, 2.75) is 13.5 Å². The molecule has 0 unspecified atom stereocenters. The molecule has 0 aliphatic heterocycles. The molecule has 0 atom stereocenters. The van der Waals surface area contributed by atoms with Gasteiger partial charge >= 0.3 is 5.97 Å². The molecule has 0 amide bonds. The van der Waals surface area contributed by atoms with Crippen molar-refractivity contribution in [1.29, 1.82) is 0 Å². The number of carbonyl (C=O) groups excluding carboxylic acids is 1. The highest BCUT2D eigenvalue weighted by molar-refractivity contribution is 5.92. The Balaban J connectivity index is 2.04. The lowest BCUT2D eigenvalue weighted by Crippen LogP contribution is -2.08. The third-order valence-corrected chi connectivity index (χ3v) is 2.91. The fourth-order valence-corrected chi connectivity index (χ4v) is 1.91. The standard InChI is InChI=1S/C17H18O4/c1-3-20-16-10-5-4-9-15(16)17(18)21-12-13-7-6-8-14(11-13)19-2/h4-11H,3,12H2,1-2H3. The Morgan fingerprint density at radius 1 is 1.10 bits per heavy atom. The minimum Gasteiger partial charge on any atom is -0.497 e. The number of para-hydroxylation sites is 1. The van der Waals surface area contributed by atoms with E-state index < -0.39 is 5.97 Å². The van der Waals surface area contributed by atoms with Crippen LogP contribution in [-0.4, -0.2) is 19.7 Å². The van der Waals surface area contributed by atoms with Gasteiger partial charge in [0.15, 0.2) is 0 Å². The molecule has 4 heteroatoms. The molecule has 21 heavy (non-hydrogen) atoms. The smallest absolute Gasteiger partial charge is 0.342 e. The van der Waals surface area contributed by atoms with Crippen LogP contribution in [0.4, 0.5) is 0 Å². The summed E-state index contributed by atoms with van der Waals surface area (Å²) in [5.74, 6) is 0.871. The number of carbonyl (C=O) groups is 1. The van der Waals surface area contributed by atoms with Crippen LogP contribution in [0.5, 0.6) is 11.5 Å². The first-order chi connectivity index (χ1) is 10.2. The lowest BCUT2D eigenvalue weighted by atomic mass is 10.2. The van der Waals surface area contributed by atoms with E-state index in [1.54, 1.807) is 25.3 Å². The van der Waals surface area contributed by atoms with Crippen LogP contribution in [-0.2, 0) is 11.3 Å². The van der Waals surface area contributed by atoms with Crippen LogP contribution in [0.3, 0.4) is 0 Å². The van der Waals surface area contributed by atoms with Gasteiger partial charge in [-0.25, -0.2) is 4.79 Å². The summed E-state index contributed by atoms with van der Waals surface area (Å²) in [4.78, 5) is 12.1. The van der Waals surface area contributed by atoms with Gasteiger partial charge < -0.3 is 14.2 Å². The highest BCUT2D eigenvalue weighted by Crippen LogP contribution is 2.20. The summed E-state index contributed by atoms with van der Waals surface area (Å²) in [5.41, 5.74) is 1.30. The van der Waals surface area contributed by atoms with E-state index in [0.29, 0.717) is 17.9 Å². The zero-order valence-electron chi connectivity index (χ0n) is 12.2. The highest BCUT2D eigenvalue weighted by Gasteiger charge is 2.13. The monoisotopic (exact) mass is 286 g/mol. The summed E-state index contributed by atoms with van der Waals surface area (Å²) in [6.45, 7) is 2.56. The van der Waals surface area contributed by atoms with E-state index in [0.717, 1.165) is 11.3 Å². The Hall–Kier alpha value is -2.49. The van der Waals surface area contributed by atoms with Gasteiger partial charge in [-0.2, -0.15) is 0 Å². The second kappa shape index (κ2) is 7.33. The maximum atomic E-state index is 12.1. The van der Waals surface area contributed by atoms with Crippen molar-refractivity contribution in [3.63, 3.8) is 0 Å². The lowest BCUT2D eigenvalue weighted by molar-refractivity contribution is 0.0468. The second-order valence-corrected chi connectivity index (χ2v) is 4.36. The minimum atomic E-state index is -0.401. The predicted molar refractivity (Wildman–Crippen MR) is 79.7 cm³/mol. The molecule has 2 aromatic carbocycles. The first kappa shape index (κ1) is 14.9. The van der Waals surface area contributed by atoms with E-state index in [9.17, 15) is 4.79 Å². The van der Waals surface area contributed by atoms with Crippen molar-refractivity contribution in [1.82, 2.24) is 0 Å². The number of hydrogen-bond donors (Lipinski definition) is 0. The van der Waals surface area contributed by atoms with Crippen LogP contribution < -0.4 is 9.47 Å². The molecule has 4 nitrogen and oxygen atoms in total. The van der Waals surface area contributed by atoms with Gasteiger partial charge in [0.2, 0.25) is 0 Å². The SMILES string of the molecule is CCOc1ccccc1C(=O)OCc1cccc(OC)c1. The first-order valence-electron chi connectivity index (χ1n) is 6.76. The largest absolute Gasteiger partial charge is 0.497 e. The number of ether oxygens (including phenoxy) is 3. The van der Waals surface area contributed by atoms with Crippen LogP contribution in [0.25, 0.3) is 0 Å². The summed E-state index contributed by atoms with van der Waals surface area (Å²) in [6, 6.07) is 14.5. The Bertz CT molecular complexity index is 607. The number of methoxy groups -OCH3 is 1. The van der Waals surface area contributed by atoms with E-state index >= 15 is 0 Å². The lowest BCUT2D eigenvalue weighted by Gasteiger charge is -2.10. The van der Waals surface area contributed by atoms with Gasteiger partial charge in [0.25, 0.3) is 0 Å². The maximum absolute atomic E-state index is 12.1.